The van der Waals surface area contributed by atoms with Crippen molar-refractivity contribution in [2.24, 2.45) is 7.05 Å². The van der Waals surface area contributed by atoms with E-state index in [2.05, 4.69) is 15.5 Å². The molecular weight excluding hydrogens is 328 g/mol. The first kappa shape index (κ1) is 16.0. The Morgan fingerprint density at radius 1 is 1.25 bits per heavy atom. The highest BCUT2D eigenvalue weighted by atomic mass is 35.5. The van der Waals surface area contributed by atoms with Crippen LogP contribution in [0.25, 0.3) is 11.3 Å². The van der Waals surface area contributed by atoms with E-state index in [-0.39, 0.29) is 11.5 Å². The SMILES string of the molecule is Cn1cc(C(=O)NCc2cn[nH]c2-c2ccc(Cl)cc2)ccc1=O. The Labute approximate surface area is 143 Å². The molecule has 0 bridgehead atoms. The Bertz CT molecular complexity index is 928. The highest BCUT2D eigenvalue weighted by Crippen LogP contribution is 2.22. The molecule has 0 spiro atoms. The van der Waals surface area contributed by atoms with E-state index in [1.54, 1.807) is 25.4 Å². The van der Waals surface area contributed by atoms with E-state index >= 15 is 0 Å². The maximum Gasteiger partial charge on any atom is 0.253 e. The Morgan fingerprint density at radius 3 is 2.71 bits per heavy atom. The van der Waals surface area contributed by atoms with Gasteiger partial charge in [-0.25, -0.2) is 0 Å². The molecule has 0 fully saturated rings. The van der Waals surface area contributed by atoms with Crippen molar-refractivity contribution in [3.8, 4) is 11.3 Å². The van der Waals surface area contributed by atoms with Crippen LogP contribution >= 0.6 is 11.6 Å². The minimum absolute atomic E-state index is 0.161. The molecular formula is C17H15ClN4O2. The van der Waals surface area contributed by atoms with E-state index in [1.165, 1.54) is 22.9 Å². The summed E-state index contributed by atoms with van der Waals surface area (Å²) in [6.07, 6.45) is 3.18. The van der Waals surface area contributed by atoms with Crippen molar-refractivity contribution in [2.45, 2.75) is 6.54 Å². The smallest absolute Gasteiger partial charge is 0.253 e. The molecule has 0 radical (unpaired) electrons. The standard InChI is InChI=1S/C17H15ClN4O2/c1-22-10-12(4-7-15(22)23)17(24)19-8-13-9-20-21-16(13)11-2-5-14(18)6-3-11/h2-7,9-10H,8H2,1H3,(H,19,24)(H,20,21). The van der Waals surface area contributed by atoms with Crippen molar-refractivity contribution in [1.29, 1.82) is 0 Å². The number of pyridine rings is 1. The summed E-state index contributed by atoms with van der Waals surface area (Å²) in [6.45, 7) is 0.316. The number of aromatic nitrogens is 3. The van der Waals surface area contributed by atoms with E-state index in [9.17, 15) is 9.59 Å². The van der Waals surface area contributed by atoms with Crippen LogP contribution in [0.1, 0.15) is 15.9 Å². The second-order valence-corrected chi connectivity index (χ2v) is 5.76. The van der Waals surface area contributed by atoms with Gasteiger partial charge in [-0.15, -0.1) is 0 Å². The number of H-pyrrole nitrogens is 1. The van der Waals surface area contributed by atoms with Crippen molar-refractivity contribution >= 4 is 17.5 Å². The maximum atomic E-state index is 12.2. The van der Waals surface area contributed by atoms with Crippen LogP contribution < -0.4 is 10.9 Å². The van der Waals surface area contributed by atoms with Crippen LogP contribution in [0, 0.1) is 0 Å². The van der Waals surface area contributed by atoms with E-state index in [0.29, 0.717) is 17.1 Å². The summed E-state index contributed by atoms with van der Waals surface area (Å²) in [5.74, 6) is -0.256. The summed E-state index contributed by atoms with van der Waals surface area (Å²) in [6, 6.07) is 10.2. The molecule has 0 saturated carbocycles. The molecule has 122 valence electrons. The zero-order valence-corrected chi connectivity index (χ0v) is 13.7. The first-order valence-corrected chi connectivity index (χ1v) is 7.65. The lowest BCUT2D eigenvalue weighted by Crippen LogP contribution is -2.25. The predicted octanol–water partition coefficient (Wildman–Crippen LogP) is 2.36. The molecule has 1 amide bonds. The Morgan fingerprint density at radius 2 is 2.00 bits per heavy atom. The van der Waals surface area contributed by atoms with Gasteiger partial charge in [-0.1, -0.05) is 23.7 Å². The number of aromatic amines is 1. The van der Waals surface area contributed by atoms with Crippen LogP contribution in [-0.2, 0) is 13.6 Å². The number of amides is 1. The number of carbonyl (C=O) groups excluding carboxylic acids is 1. The summed E-state index contributed by atoms with van der Waals surface area (Å²) in [5.41, 5.74) is 2.88. The topological polar surface area (TPSA) is 79.8 Å². The normalized spacial score (nSPS) is 10.6. The first-order valence-electron chi connectivity index (χ1n) is 7.27. The number of nitrogens with zero attached hydrogens (tertiary/aromatic N) is 2. The molecule has 2 heterocycles. The molecule has 0 saturated heterocycles. The third kappa shape index (κ3) is 3.38. The van der Waals surface area contributed by atoms with Gasteiger partial charge in [0.1, 0.15) is 0 Å². The summed E-state index contributed by atoms with van der Waals surface area (Å²) in [4.78, 5) is 23.6. The van der Waals surface area contributed by atoms with Crippen LogP contribution in [-0.4, -0.2) is 20.7 Å². The molecule has 0 atom stereocenters. The molecule has 0 aliphatic heterocycles. The molecule has 0 aliphatic carbocycles. The lowest BCUT2D eigenvalue weighted by molar-refractivity contribution is 0.0950. The quantitative estimate of drug-likeness (QED) is 0.763. The Kier molecular flexibility index (Phi) is 4.48. The Hall–Kier alpha value is -2.86. The molecule has 2 N–H and O–H groups in total. The number of benzene rings is 1. The average molecular weight is 343 g/mol. The molecule has 3 aromatic rings. The molecule has 7 heteroatoms. The molecule has 3 rings (SSSR count). The van der Waals surface area contributed by atoms with E-state index in [4.69, 9.17) is 11.6 Å². The van der Waals surface area contributed by atoms with Gasteiger partial charge < -0.3 is 9.88 Å². The maximum absolute atomic E-state index is 12.2. The largest absolute Gasteiger partial charge is 0.348 e. The fourth-order valence-electron chi connectivity index (χ4n) is 2.32. The summed E-state index contributed by atoms with van der Waals surface area (Å²) in [5, 5.41) is 10.5. The van der Waals surface area contributed by atoms with Gasteiger partial charge in [0.15, 0.2) is 0 Å². The van der Waals surface area contributed by atoms with Crippen LogP contribution in [0.3, 0.4) is 0 Å². The highest BCUT2D eigenvalue weighted by Gasteiger charge is 2.11. The summed E-state index contributed by atoms with van der Waals surface area (Å²) in [7, 11) is 1.60. The average Bonchev–Trinajstić information content (AvgIpc) is 3.04. The lowest BCUT2D eigenvalue weighted by Gasteiger charge is -2.07. The van der Waals surface area contributed by atoms with Crippen LogP contribution in [0.5, 0.6) is 0 Å². The summed E-state index contributed by atoms with van der Waals surface area (Å²) >= 11 is 5.90. The second kappa shape index (κ2) is 6.72. The van der Waals surface area contributed by atoms with Crippen molar-refractivity contribution in [2.75, 3.05) is 0 Å². The van der Waals surface area contributed by atoms with E-state index in [1.807, 2.05) is 12.1 Å². The van der Waals surface area contributed by atoms with Gasteiger partial charge in [0.05, 0.1) is 17.5 Å². The molecule has 6 nitrogen and oxygen atoms in total. The van der Waals surface area contributed by atoms with E-state index in [0.717, 1.165) is 16.8 Å². The number of aryl methyl sites for hydroxylation is 1. The highest BCUT2D eigenvalue weighted by molar-refractivity contribution is 6.30. The first-order chi connectivity index (χ1) is 11.5. The van der Waals surface area contributed by atoms with E-state index < -0.39 is 0 Å². The van der Waals surface area contributed by atoms with Gasteiger partial charge in [0, 0.05) is 36.4 Å². The molecule has 1 aromatic carbocycles. The van der Waals surface area contributed by atoms with Crippen LogP contribution in [0.4, 0.5) is 0 Å². The molecule has 2 aromatic heterocycles. The third-order valence-electron chi connectivity index (χ3n) is 3.64. The van der Waals surface area contributed by atoms with Gasteiger partial charge in [0.25, 0.3) is 5.91 Å². The predicted molar refractivity (Wildman–Crippen MR) is 91.9 cm³/mol. The third-order valence-corrected chi connectivity index (χ3v) is 3.89. The minimum atomic E-state index is -0.256. The van der Waals surface area contributed by atoms with Crippen molar-refractivity contribution in [3.05, 3.63) is 75.3 Å². The zero-order chi connectivity index (χ0) is 17.1. The van der Waals surface area contributed by atoms with Gasteiger partial charge in [-0.2, -0.15) is 5.10 Å². The van der Waals surface area contributed by atoms with Gasteiger partial charge in [-0.05, 0) is 23.8 Å². The van der Waals surface area contributed by atoms with Gasteiger partial charge in [0.2, 0.25) is 5.56 Å². The number of carbonyl (C=O) groups is 1. The fourth-order valence-corrected chi connectivity index (χ4v) is 2.44. The van der Waals surface area contributed by atoms with Gasteiger partial charge >= 0.3 is 0 Å². The number of rotatable bonds is 4. The van der Waals surface area contributed by atoms with Gasteiger partial charge in [-0.3, -0.25) is 14.7 Å². The minimum Gasteiger partial charge on any atom is -0.348 e. The second-order valence-electron chi connectivity index (χ2n) is 5.33. The fraction of sp³-hybridized carbons (Fsp3) is 0.118. The molecule has 24 heavy (non-hydrogen) atoms. The van der Waals surface area contributed by atoms with Crippen LogP contribution in [0.2, 0.25) is 5.02 Å². The number of hydrogen-bond acceptors (Lipinski definition) is 3. The van der Waals surface area contributed by atoms with Crippen LogP contribution in [0.15, 0.2) is 53.6 Å². The molecule has 0 unspecified atom stereocenters. The lowest BCUT2D eigenvalue weighted by atomic mass is 10.1. The zero-order valence-electron chi connectivity index (χ0n) is 12.9. The van der Waals surface area contributed by atoms with Crippen molar-refractivity contribution in [3.63, 3.8) is 0 Å². The number of nitrogens with one attached hydrogen (secondary N) is 2. The monoisotopic (exact) mass is 342 g/mol. The van der Waals surface area contributed by atoms with Crippen molar-refractivity contribution in [1.82, 2.24) is 20.1 Å². The van der Waals surface area contributed by atoms with Crippen molar-refractivity contribution < 1.29 is 4.79 Å². The number of halogens is 1. The summed E-state index contributed by atoms with van der Waals surface area (Å²) < 4.78 is 1.37. The molecule has 0 aliphatic rings. The Balaban J connectivity index is 1.74. The number of hydrogen-bond donors (Lipinski definition) is 2.